The first kappa shape index (κ1) is 28.9. The number of Topliss-reactive ketones (excluding diaryl/α,β-unsaturated/α-hetero) is 2. The number of hydrogen-bond donors (Lipinski definition) is 1. The Morgan fingerprint density at radius 3 is 2.38 bits per heavy atom. The van der Waals surface area contributed by atoms with Gasteiger partial charge in [0.05, 0.1) is 11.3 Å². The number of amides is 1. The van der Waals surface area contributed by atoms with Crippen LogP contribution in [0.4, 0.5) is 13.2 Å². The second-order valence-corrected chi connectivity index (χ2v) is 10.9. The molecular formula is C30H35F3N2O4. The van der Waals surface area contributed by atoms with Gasteiger partial charge in [-0.15, -0.1) is 0 Å². The van der Waals surface area contributed by atoms with E-state index in [9.17, 15) is 32.7 Å². The smallest absolute Gasteiger partial charge is 0.384 e. The Hall–Kier alpha value is -3.07. The van der Waals surface area contributed by atoms with E-state index in [1.165, 1.54) is 12.1 Å². The van der Waals surface area contributed by atoms with Crippen molar-refractivity contribution in [1.29, 1.82) is 0 Å². The zero-order valence-corrected chi connectivity index (χ0v) is 22.2. The van der Waals surface area contributed by atoms with Crippen LogP contribution in [0.1, 0.15) is 96.7 Å². The van der Waals surface area contributed by atoms with Crippen LogP contribution in [0.2, 0.25) is 0 Å². The Balaban J connectivity index is 1.21. The summed E-state index contributed by atoms with van der Waals surface area (Å²) in [5.41, 5.74) is -0.742. The number of nitrogens with zero attached hydrogens (tertiary/aromatic N) is 2. The number of alkyl halides is 3. The summed E-state index contributed by atoms with van der Waals surface area (Å²) in [5.74, 6) is 0.194. The number of aliphatic hydroxyl groups is 1. The molecule has 2 aromatic rings. The third kappa shape index (κ3) is 7.12. The van der Waals surface area contributed by atoms with Crippen LogP contribution in [0.25, 0.3) is 0 Å². The van der Waals surface area contributed by atoms with Crippen LogP contribution in [-0.4, -0.2) is 45.6 Å². The molecule has 2 aliphatic rings. The molecule has 1 aromatic heterocycles. The number of aromatic nitrogens is 1. The minimum absolute atomic E-state index is 0.0199. The summed E-state index contributed by atoms with van der Waals surface area (Å²) in [5, 5.41) is 11.2. The van der Waals surface area contributed by atoms with Crippen LogP contribution in [0.3, 0.4) is 0 Å². The summed E-state index contributed by atoms with van der Waals surface area (Å²) in [6, 6.07) is 7.79. The largest absolute Gasteiger partial charge is 0.416 e. The minimum Gasteiger partial charge on any atom is -0.384 e. The lowest BCUT2D eigenvalue weighted by molar-refractivity contribution is -0.137. The molecule has 1 saturated carbocycles. The topological polar surface area (TPSA) is 87.6 Å². The van der Waals surface area contributed by atoms with E-state index < -0.39 is 23.1 Å². The normalized spacial score (nSPS) is 23.6. The van der Waals surface area contributed by atoms with E-state index in [2.05, 4.69) is 4.98 Å². The van der Waals surface area contributed by atoms with E-state index in [-0.39, 0.29) is 30.1 Å². The Kier molecular flexibility index (Phi) is 8.89. The molecule has 6 nitrogen and oxygen atoms in total. The highest BCUT2D eigenvalue weighted by Gasteiger charge is 2.38. The van der Waals surface area contributed by atoms with E-state index in [0.29, 0.717) is 55.4 Å². The SMILES string of the molecule is CCC(=O)c1ccc(C2(O)CCC(C[C@H]3CCN(C(=O)CCC(=O)c4cccc(C(F)(F)F)c4)C3)CC2)nc1. The van der Waals surface area contributed by atoms with Gasteiger partial charge in [0.25, 0.3) is 0 Å². The predicted molar refractivity (Wildman–Crippen MR) is 139 cm³/mol. The lowest BCUT2D eigenvalue weighted by Gasteiger charge is -2.36. The number of benzene rings is 1. The number of carbonyl (C=O) groups is 3. The van der Waals surface area contributed by atoms with E-state index in [0.717, 1.165) is 37.8 Å². The maximum Gasteiger partial charge on any atom is 0.416 e. The van der Waals surface area contributed by atoms with Crippen molar-refractivity contribution in [1.82, 2.24) is 9.88 Å². The van der Waals surface area contributed by atoms with Crippen LogP contribution in [0.5, 0.6) is 0 Å². The summed E-state index contributed by atoms with van der Waals surface area (Å²) in [7, 11) is 0. The summed E-state index contributed by atoms with van der Waals surface area (Å²) < 4.78 is 38.8. The van der Waals surface area contributed by atoms with Gasteiger partial charge in [0.15, 0.2) is 11.6 Å². The predicted octanol–water partition coefficient (Wildman–Crippen LogP) is 5.97. The van der Waals surface area contributed by atoms with Gasteiger partial charge in [0.2, 0.25) is 5.91 Å². The van der Waals surface area contributed by atoms with Crippen LogP contribution < -0.4 is 0 Å². The van der Waals surface area contributed by atoms with Gasteiger partial charge in [-0.2, -0.15) is 13.2 Å². The molecule has 39 heavy (non-hydrogen) atoms. The zero-order valence-electron chi connectivity index (χ0n) is 22.2. The molecule has 1 aliphatic carbocycles. The summed E-state index contributed by atoms with van der Waals surface area (Å²) in [4.78, 5) is 43.1. The van der Waals surface area contributed by atoms with Crippen LogP contribution in [0.15, 0.2) is 42.6 Å². The third-order valence-electron chi connectivity index (χ3n) is 8.20. The maximum absolute atomic E-state index is 12.9. The molecule has 4 rings (SSSR count). The molecule has 2 fully saturated rings. The number of halogens is 3. The van der Waals surface area contributed by atoms with Crippen molar-refractivity contribution in [2.24, 2.45) is 11.8 Å². The van der Waals surface area contributed by atoms with Crippen LogP contribution in [0, 0.1) is 11.8 Å². The number of hydrogen-bond acceptors (Lipinski definition) is 5. The molecule has 0 unspecified atom stereocenters. The Bertz CT molecular complexity index is 1190. The van der Waals surface area contributed by atoms with Crippen molar-refractivity contribution in [3.8, 4) is 0 Å². The van der Waals surface area contributed by atoms with Crippen molar-refractivity contribution < 1.29 is 32.7 Å². The molecular weight excluding hydrogens is 509 g/mol. The molecule has 2 heterocycles. The minimum atomic E-state index is -4.52. The average Bonchev–Trinajstić information content (AvgIpc) is 3.40. The van der Waals surface area contributed by atoms with Gasteiger partial charge in [0.1, 0.15) is 5.60 Å². The summed E-state index contributed by atoms with van der Waals surface area (Å²) in [6.07, 6.45) is 2.02. The highest BCUT2D eigenvalue weighted by Crippen LogP contribution is 2.41. The maximum atomic E-state index is 12.9. The zero-order chi connectivity index (χ0) is 28.2. The van der Waals surface area contributed by atoms with Crippen molar-refractivity contribution in [3.63, 3.8) is 0 Å². The number of likely N-dealkylation sites (tertiary alicyclic amines) is 1. The molecule has 9 heteroatoms. The van der Waals surface area contributed by atoms with Gasteiger partial charge in [-0.05, 0) is 74.6 Å². The number of rotatable bonds is 9. The second kappa shape index (κ2) is 12.0. The van der Waals surface area contributed by atoms with Gasteiger partial charge >= 0.3 is 6.18 Å². The highest BCUT2D eigenvalue weighted by molar-refractivity contribution is 5.98. The molecule has 1 aromatic carbocycles. The first-order chi connectivity index (χ1) is 18.5. The van der Waals surface area contributed by atoms with Crippen LogP contribution in [-0.2, 0) is 16.6 Å². The van der Waals surface area contributed by atoms with Gasteiger partial charge in [0, 0.05) is 49.7 Å². The quantitative estimate of drug-likeness (QED) is 0.393. The molecule has 0 radical (unpaired) electrons. The Morgan fingerprint density at radius 1 is 1.00 bits per heavy atom. The highest BCUT2D eigenvalue weighted by atomic mass is 19.4. The van der Waals surface area contributed by atoms with Crippen LogP contribution >= 0.6 is 0 Å². The lowest BCUT2D eigenvalue weighted by Crippen LogP contribution is -2.33. The average molecular weight is 545 g/mol. The van der Waals surface area contributed by atoms with E-state index in [1.807, 2.05) is 0 Å². The first-order valence-corrected chi connectivity index (χ1v) is 13.7. The Morgan fingerprint density at radius 2 is 1.74 bits per heavy atom. The second-order valence-electron chi connectivity index (χ2n) is 10.9. The standard InChI is InChI=1S/C30H35F3N2O4/c1-2-25(36)23-6-8-27(34-18-23)29(39)13-10-20(11-14-29)16-21-12-15-35(19-21)28(38)9-7-26(37)22-4-3-5-24(17-22)30(31,32)33/h3-6,8,17-18,20-21,39H,2,7,9-16,19H2,1H3/t20?,21-,29?/m1/s1. The molecule has 0 bridgehead atoms. The fourth-order valence-electron chi connectivity index (χ4n) is 5.80. The molecule has 1 saturated heterocycles. The molecule has 1 amide bonds. The molecule has 1 atom stereocenters. The number of pyridine rings is 1. The van der Waals surface area contributed by atoms with E-state index in [1.54, 1.807) is 30.2 Å². The summed E-state index contributed by atoms with van der Waals surface area (Å²) >= 11 is 0. The monoisotopic (exact) mass is 544 g/mol. The van der Waals surface area contributed by atoms with Crippen molar-refractivity contribution in [3.05, 3.63) is 65.0 Å². The molecule has 210 valence electrons. The van der Waals surface area contributed by atoms with Crippen molar-refractivity contribution >= 4 is 17.5 Å². The number of carbonyl (C=O) groups excluding carboxylic acids is 3. The van der Waals surface area contributed by atoms with E-state index >= 15 is 0 Å². The Labute approximate surface area is 226 Å². The van der Waals surface area contributed by atoms with Crippen molar-refractivity contribution in [2.45, 2.75) is 76.5 Å². The molecule has 0 spiro atoms. The van der Waals surface area contributed by atoms with Gasteiger partial charge in [-0.3, -0.25) is 19.4 Å². The fourth-order valence-corrected chi connectivity index (χ4v) is 5.80. The molecule has 1 N–H and O–H groups in total. The first-order valence-electron chi connectivity index (χ1n) is 13.7. The fraction of sp³-hybridized carbons (Fsp3) is 0.533. The lowest BCUT2D eigenvalue weighted by atomic mass is 9.74. The summed E-state index contributed by atoms with van der Waals surface area (Å²) in [6.45, 7) is 3.03. The third-order valence-corrected chi connectivity index (χ3v) is 8.20. The molecule has 1 aliphatic heterocycles. The van der Waals surface area contributed by atoms with Crippen molar-refractivity contribution in [2.75, 3.05) is 13.1 Å². The van der Waals surface area contributed by atoms with E-state index in [4.69, 9.17) is 0 Å². The van der Waals surface area contributed by atoms with Gasteiger partial charge < -0.3 is 10.0 Å². The van der Waals surface area contributed by atoms with Gasteiger partial charge in [-0.25, -0.2) is 0 Å². The van der Waals surface area contributed by atoms with Gasteiger partial charge in [-0.1, -0.05) is 19.1 Å². The number of ketones is 2.